The summed E-state index contributed by atoms with van der Waals surface area (Å²) in [6.07, 6.45) is 2.29. The predicted octanol–water partition coefficient (Wildman–Crippen LogP) is 1.95. The van der Waals surface area contributed by atoms with E-state index in [9.17, 15) is 9.59 Å². The number of carbonyl (C=O) groups is 1. The fourth-order valence-corrected chi connectivity index (χ4v) is 3.07. The van der Waals surface area contributed by atoms with Gasteiger partial charge in [0, 0.05) is 39.1 Å². The van der Waals surface area contributed by atoms with E-state index in [2.05, 4.69) is 9.97 Å². The number of amides is 1. The molecular formula is C19H25N3O6. The highest BCUT2D eigenvalue weighted by Gasteiger charge is 2.25. The Hall–Kier alpha value is -2.81. The molecule has 9 nitrogen and oxygen atoms in total. The van der Waals surface area contributed by atoms with Crippen molar-refractivity contribution in [2.45, 2.75) is 25.9 Å². The molecule has 0 atom stereocenters. The van der Waals surface area contributed by atoms with E-state index < -0.39 is 0 Å². The van der Waals surface area contributed by atoms with Gasteiger partial charge in [-0.2, -0.15) is 0 Å². The number of ether oxygens (including phenoxy) is 4. The Balaban J connectivity index is 1.75. The molecule has 1 aliphatic heterocycles. The number of piperidine rings is 1. The summed E-state index contributed by atoms with van der Waals surface area (Å²) in [5, 5.41) is 0.431. The number of benzene rings is 1. The van der Waals surface area contributed by atoms with E-state index in [0.29, 0.717) is 68.2 Å². The first-order valence-electron chi connectivity index (χ1n) is 9.34. The molecule has 0 bridgehead atoms. The third-order valence-corrected chi connectivity index (χ3v) is 4.51. The third kappa shape index (κ3) is 4.72. The van der Waals surface area contributed by atoms with Crippen LogP contribution >= 0.6 is 0 Å². The molecule has 152 valence electrons. The van der Waals surface area contributed by atoms with Crippen LogP contribution in [0.3, 0.4) is 0 Å². The van der Waals surface area contributed by atoms with E-state index in [1.54, 1.807) is 31.1 Å². The summed E-state index contributed by atoms with van der Waals surface area (Å²) in [5.41, 5.74) is 0.288. The topological polar surface area (TPSA) is 103 Å². The molecule has 1 fully saturated rings. The minimum Gasteiger partial charge on any atom is -0.487 e. The Kier molecular flexibility index (Phi) is 6.70. The lowest BCUT2D eigenvalue weighted by Gasteiger charge is -2.31. The Labute approximate surface area is 162 Å². The van der Waals surface area contributed by atoms with Crippen LogP contribution in [0.2, 0.25) is 0 Å². The molecule has 0 spiro atoms. The van der Waals surface area contributed by atoms with Crippen molar-refractivity contribution in [3.63, 3.8) is 0 Å². The number of H-pyrrole nitrogens is 1. The van der Waals surface area contributed by atoms with E-state index in [-0.39, 0.29) is 17.8 Å². The van der Waals surface area contributed by atoms with Gasteiger partial charge in [0.05, 0.1) is 30.4 Å². The van der Waals surface area contributed by atoms with Crippen molar-refractivity contribution in [2.75, 3.05) is 40.0 Å². The number of nitrogens with zero attached hydrogens (tertiary/aromatic N) is 2. The second-order valence-corrected chi connectivity index (χ2v) is 6.39. The average molecular weight is 391 g/mol. The number of rotatable bonds is 7. The Morgan fingerprint density at radius 3 is 2.75 bits per heavy atom. The zero-order valence-corrected chi connectivity index (χ0v) is 16.1. The van der Waals surface area contributed by atoms with Gasteiger partial charge in [0.1, 0.15) is 12.7 Å². The van der Waals surface area contributed by atoms with Crippen molar-refractivity contribution in [2.24, 2.45) is 0 Å². The summed E-state index contributed by atoms with van der Waals surface area (Å²) < 4.78 is 22.0. The van der Waals surface area contributed by atoms with Gasteiger partial charge >= 0.3 is 6.09 Å². The average Bonchev–Trinajstić information content (AvgIpc) is 2.70. The van der Waals surface area contributed by atoms with Crippen molar-refractivity contribution in [3.05, 3.63) is 28.8 Å². The van der Waals surface area contributed by atoms with Gasteiger partial charge in [-0.15, -0.1) is 0 Å². The number of methoxy groups -OCH3 is 1. The first-order chi connectivity index (χ1) is 13.6. The van der Waals surface area contributed by atoms with Crippen LogP contribution in [0.15, 0.2) is 23.3 Å². The number of fused-ring (bicyclic) bond motifs is 1. The maximum Gasteiger partial charge on any atom is 0.409 e. The highest BCUT2D eigenvalue weighted by Crippen LogP contribution is 2.33. The van der Waals surface area contributed by atoms with Gasteiger partial charge in [0.15, 0.2) is 11.5 Å². The molecule has 9 heteroatoms. The van der Waals surface area contributed by atoms with E-state index in [4.69, 9.17) is 18.9 Å². The fourth-order valence-electron chi connectivity index (χ4n) is 3.07. The van der Waals surface area contributed by atoms with Crippen molar-refractivity contribution < 1.29 is 23.7 Å². The van der Waals surface area contributed by atoms with Gasteiger partial charge < -0.3 is 28.8 Å². The van der Waals surface area contributed by atoms with Crippen LogP contribution in [0.1, 0.15) is 19.8 Å². The van der Waals surface area contributed by atoms with Gasteiger partial charge in [-0.05, 0) is 13.0 Å². The van der Waals surface area contributed by atoms with Crippen LogP contribution in [-0.4, -0.2) is 67.1 Å². The molecule has 1 aliphatic rings. The predicted molar refractivity (Wildman–Crippen MR) is 102 cm³/mol. The largest absolute Gasteiger partial charge is 0.487 e. The summed E-state index contributed by atoms with van der Waals surface area (Å²) in [6, 6.07) is 3.35. The minimum atomic E-state index is -0.298. The Morgan fingerprint density at radius 2 is 2.04 bits per heavy atom. The van der Waals surface area contributed by atoms with Crippen molar-refractivity contribution in [1.82, 2.24) is 14.9 Å². The lowest BCUT2D eigenvalue weighted by Crippen LogP contribution is -2.42. The van der Waals surface area contributed by atoms with Gasteiger partial charge in [-0.25, -0.2) is 9.78 Å². The van der Waals surface area contributed by atoms with Crippen LogP contribution in [0.5, 0.6) is 11.5 Å². The second kappa shape index (κ2) is 9.41. The first-order valence-corrected chi connectivity index (χ1v) is 9.34. The highest BCUT2D eigenvalue weighted by atomic mass is 16.6. The zero-order chi connectivity index (χ0) is 19.9. The number of likely N-dealkylation sites (tertiary alicyclic amines) is 1. The third-order valence-electron chi connectivity index (χ3n) is 4.51. The van der Waals surface area contributed by atoms with Crippen LogP contribution < -0.4 is 15.0 Å². The van der Waals surface area contributed by atoms with Gasteiger partial charge in [0.2, 0.25) is 0 Å². The number of nitrogens with one attached hydrogen (secondary N) is 1. The molecule has 2 heterocycles. The number of hydrogen-bond acceptors (Lipinski definition) is 7. The van der Waals surface area contributed by atoms with E-state index in [1.807, 2.05) is 0 Å². The minimum absolute atomic E-state index is 0.0938. The van der Waals surface area contributed by atoms with E-state index >= 15 is 0 Å². The Morgan fingerprint density at radius 1 is 1.25 bits per heavy atom. The first kappa shape index (κ1) is 19.9. The van der Waals surface area contributed by atoms with Gasteiger partial charge in [-0.3, -0.25) is 4.79 Å². The molecule has 1 saturated heterocycles. The SMILES string of the molecule is CCOC(=O)N1CCC(Oc2cc3c(=O)[nH]cnc3cc2OCCOC)CC1. The molecule has 2 aromatic rings. The Bertz CT molecular complexity index is 860. The summed E-state index contributed by atoms with van der Waals surface area (Å²) in [6.45, 7) is 4.03. The van der Waals surface area contributed by atoms with Gasteiger partial charge in [-0.1, -0.05) is 0 Å². The van der Waals surface area contributed by atoms with Crippen LogP contribution in [0, 0.1) is 0 Å². The van der Waals surface area contributed by atoms with E-state index in [1.165, 1.54) is 6.33 Å². The summed E-state index contributed by atoms with van der Waals surface area (Å²) in [5.74, 6) is 0.993. The number of hydrogen-bond donors (Lipinski definition) is 1. The summed E-state index contributed by atoms with van der Waals surface area (Å²) in [4.78, 5) is 32.4. The molecule has 0 saturated carbocycles. The summed E-state index contributed by atoms with van der Waals surface area (Å²) >= 11 is 0. The van der Waals surface area contributed by atoms with Crippen molar-refractivity contribution in [3.8, 4) is 11.5 Å². The fraction of sp³-hybridized carbons (Fsp3) is 0.526. The lowest BCUT2D eigenvalue weighted by atomic mass is 10.1. The summed E-state index contributed by atoms with van der Waals surface area (Å²) in [7, 11) is 1.60. The molecule has 1 N–H and O–H groups in total. The van der Waals surface area contributed by atoms with E-state index in [0.717, 1.165) is 0 Å². The molecule has 3 rings (SSSR count). The second-order valence-electron chi connectivity index (χ2n) is 6.39. The number of aromatic nitrogens is 2. The maximum atomic E-state index is 12.1. The van der Waals surface area contributed by atoms with Crippen molar-refractivity contribution >= 4 is 17.0 Å². The van der Waals surface area contributed by atoms with Gasteiger partial charge in [0.25, 0.3) is 5.56 Å². The van der Waals surface area contributed by atoms with Crippen LogP contribution in [0.4, 0.5) is 4.79 Å². The van der Waals surface area contributed by atoms with Crippen LogP contribution in [0.25, 0.3) is 10.9 Å². The lowest BCUT2D eigenvalue weighted by molar-refractivity contribution is 0.0685. The zero-order valence-electron chi connectivity index (χ0n) is 16.1. The molecule has 28 heavy (non-hydrogen) atoms. The number of carbonyl (C=O) groups excluding carboxylic acids is 1. The maximum absolute atomic E-state index is 12.1. The molecule has 1 aromatic carbocycles. The smallest absolute Gasteiger partial charge is 0.409 e. The molecule has 1 amide bonds. The molecule has 1 aromatic heterocycles. The molecule has 0 unspecified atom stereocenters. The standard InChI is InChI=1S/C19H25N3O6/c1-3-26-19(24)22-6-4-13(5-7-22)28-17-10-14-15(20-12-21-18(14)23)11-16(17)27-9-8-25-2/h10-13H,3-9H2,1-2H3,(H,20,21,23). The molecule has 0 aliphatic carbocycles. The van der Waals surface area contributed by atoms with Crippen molar-refractivity contribution in [1.29, 1.82) is 0 Å². The highest BCUT2D eigenvalue weighted by molar-refractivity contribution is 5.81. The monoisotopic (exact) mass is 391 g/mol. The quantitative estimate of drug-likeness (QED) is 0.720. The molecular weight excluding hydrogens is 366 g/mol. The van der Waals surface area contributed by atoms with Crippen LogP contribution in [-0.2, 0) is 9.47 Å². The number of aromatic amines is 1. The molecule has 0 radical (unpaired) electrons. The normalized spacial score (nSPS) is 14.9.